The SMILES string of the molecule is CN(C)CCN.CN(C)CCNS(=O)(=O)c1ccc(B(O)O)cc1.O=S(=O)(Cl)c1ccc(B(O)O)cc1. The van der Waals surface area contributed by atoms with E-state index in [9.17, 15) is 16.8 Å². The van der Waals surface area contributed by atoms with Crippen LogP contribution in [0, 0.1) is 0 Å². The van der Waals surface area contributed by atoms with Crippen LogP contribution in [-0.4, -0.2) is 115 Å². The van der Waals surface area contributed by atoms with E-state index in [1.807, 2.05) is 33.1 Å². The quantitative estimate of drug-likeness (QED) is 0.124. The first-order valence-corrected chi connectivity index (χ1v) is 14.7. The third-order valence-electron chi connectivity index (χ3n) is 4.38. The summed E-state index contributed by atoms with van der Waals surface area (Å²) in [5.41, 5.74) is 5.65. The molecule has 0 unspecified atom stereocenters. The second-order valence-electron chi connectivity index (χ2n) is 8.12. The summed E-state index contributed by atoms with van der Waals surface area (Å²) >= 11 is 0. The first kappa shape index (κ1) is 35.4. The predicted molar refractivity (Wildman–Crippen MR) is 147 cm³/mol. The maximum atomic E-state index is 11.8. The van der Waals surface area contributed by atoms with Gasteiger partial charge in [-0.05, 0) is 63.4 Å². The monoisotopic (exact) mass is 580 g/mol. The van der Waals surface area contributed by atoms with Crippen molar-refractivity contribution in [3.63, 3.8) is 0 Å². The Kier molecular flexibility index (Phi) is 16.4. The van der Waals surface area contributed by atoms with Gasteiger partial charge in [-0.1, -0.05) is 24.3 Å². The number of rotatable bonds is 10. The molecule has 0 heterocycles. The molecule has 0 amide bonds. The molecule has 0 atom stereocenters. The molecule has 12 nitrogen and oxygen atoms in total. The fourth-order valence-electron chi connectivity index (χ4n) is 2.37. The second-order valence-corrected chi connectivity index (χ2v) is 12.4. The van der Waals surface area contributed by atoms with Gasteiger partial charge in [0.05, 0.1) is 9.79 Å². The highest BCUT2D eigenvalue weighted by molar-refractivity contribution is 8.13. The number of hydrogen-bond donors (Lipinski definition) is 6. The maximum Gasteiger partial charge on any atom is 0.488 e. The molecule has 0 aliphatic heterocycles. The van der Waals surface area contributed by atoms with Crippen molar-refractivity contribution in [1.82, 2.24) is 14.5 Å². The summed E-state index contributed by atoms with van der Waals surface area (Å²) in [4.78, 5) is 3.96. The lowest BCUT2D eigenvalue weighted by molar-refractivity contribution is 0.412. The molecule has 0 bridgehead atoms. The van der Waals surface area contributed by atoms with E-state index < -0.39 is 33.3 Å². The Bertz CT molecular complexity index is 1120. The van der Waals surface area contributed by atoms with Crippen LogP contribution in [0.1, 0.15) is 0 Å². The third kappa shape index (κ3) is 15.4. The molecule has 208 valence electrons. The minimum atomic E-state index is -3.74. The van der Waals surface area contributed by atoms with Crippen LogP contribution < -0.4 is 21.4 Å². The highest BCUT2D eigenvalue weighted by atomic mass is 35.7. The van der Waals surface area contributed by atoms with Crippen LogP contribution in [0.4, 0.5) is 0 Å². The summed E-state index contributed by atoms with van der Waals surface area (Å²) < 4.78 is 47.7. The van der Waals surface area contributed by atoms with E-state index in [0.29, 0.717) is 13.1 Å². The molecule has 0 saturated heterocycles. The fourth-order valence-corrected chi connectivity index (χ4v) is 4.16. The molecule has 0 aromatic heterocycles. The lowest BCUT2D eigenvalue weighted by Gasteiger charge is -2.11. The van der Waals surface area contributed by atoms with Gasteiger partial charge in [-0.25, -0.2) is 21.6 Å². The van der Waals surface area contributed by atoms with Crippen LogP contribution in [0.3, 0.4) is 0 Å². The summed E-state index contributed by atoms with van der Waals surface area (Å²) in [6, 6.07) is 10.4. The van der Waals surface area contributed by atoms with Crippen molar-refractivity contribution < 1.29 is 36.9 Å². The smallest absolute Gasteiger partial charge is 0.423 e. The molecular weight excluding hydrogens is 545 g/mol. The molecule has 0 spiro atoms. The van der Waals surface area contributed by atoms with E-state index >= 15 is 0 Å². The van der Waals surface area contributed by atoms with Gasteiger partial charge in [-0.2, -0.15) is 0 Å². The topological polar surface area (TPSA) is 194 Å². The van der Waals surface area contributed by atoms with Crippen LogP contribution in [0.5, 0.6) is 0 Å². The lowest BCUT2D eigenvalue weighted by Crippen LogP contribution is -2.32. The van der Waals surface area contributed by atoms with Crippen molar-refractivity contribution in [3.05, 3.63) is 48.5 Å². The van der Waals surface area contributed by atoms with E-state index in [4.69, 9.17) is 36.5 Å². The molecular formula is C20H35B2ClN4O8S2. The van der Waals surface area contributed by atoms with Crippen molar-refractivity contribution in [2.75, 3.05) is 54.4 Å². The van der Waals surface area contributed by atoms with Crippen LogP contribution in [0.2, 0.25) is 0 Å². The zero-order valence-corrected chi connectivity index (χ0v) is 23.6. The van der Waals surface area contributed by atoms with Crippen molar-refractivity contribution in [3.8, 4) is 0 Å². The van der Waals surface area contributed by atoms with Crippen LogP contribution >= 0.6 is 10.7 Å². The minimum Gasteiger partial charge on any atom is -0.423 e. The first-order chi connectivity index (χ1) is 17.0. The molecule has 2 aromatic carbocycles. The van der Waals surface area contributed by atoms with Crippen molar-refractivity contribution in [1.29, 1.82) is 0 Å². The number of likely N-dealkylation sites (N-methyl/N-ethyl adjacent to an activating group) is 2. The van der Waals surface area contributed by atoms with Gasteiger partial charge < -0.3 is 35.6 Å². The molecule has 0 aliphatic rings. The van der Waals surface area contributed by atoms with Gasteiger partial charge >= 0.3 is 14.2 Å². The van der Waals surface area contributed by atoms with Gasteiger partial charge in [0.1, 0.15) is 0 Å². The van der Waals surface area contributed by atoms with E-state index in [1.165, 1.54) is 48.5 Å². The number of benzene rings is 2. The molecule has 0 radical (unpaired) electrons. The highest BCUT2D eigenvalue weighted by Crippen LogP contribution is 2.12. The van der Waals surface area contributed by atoms with E-state index in [-0.39, 0.29) is 20.7 Å². The second kappa shape index (κ2) is 17.1. The van der Waals surface area contributed by atoms with Crippen LogP contribution in [-0.2, 0) is 19.1 Å². The third-order valence-corrected chi connectivity index (χ3v) is 7.22. The Hall–Kier alpha value is -1.56. The van der Waals surface area contributed by atoms with Crippen LogP contribution in [0.15, 0.2) is 58.3 Å². The largest absolute Gasteiger partial charge is 0.488 e. The molecule has 37 heavy (non-hydrogen) atoms. The van der Waals surface area contributed by atoms with Crippen molar-refractivity contribution in [2.24, 2.45) is 5.73 Å². The number of nitrogens with zero attached hydrogens (tertiary/aromatic N) is 2. The Morgan fingerprint density at radius 1 is 0.757 bits per heavy atom. The van der Waals surface area contributed by atoms with Crippen molar-refractivity contribution >= 4 is 54.9 Å². The molecule has 7 N–H and O–H groups in total. The normalized spacial score (nSPS) is 11.4. The Balaban J connectivity index is 0.000000594. The summed E-state index contributed by atoms with van der Waals surface area (Å²) in [5, 5.41) is 35.2. The predicted octanol–water partition coefficient (Wildman–Crippen LogP) is -2.99. The highest BCUT2D eigenvalue weighted by Gasteiger charge is 2.16. The Morgan fingerprint density at radius 2 is 1.14 bits per heavy atom. The molecule has 2 rings (SSSR count). The lowest BCUT2D eigenvalue weighted by atomic mass is 9.81. The van der Waals surface area contributed by atoms with Gasteiger partial charge in [-0.3, -0.25) is 0 Å². The molecule has 0 saturated carbocycles. The van der Waals surface area contributed by atoms with E-state index in [1.54, 1.807) is 0 Å². The van der Waals surface area contributed by atoms with Gasteiger partial charge in [0.25, 0.3) is 9.05 Å². The minimum absolute atomic E-state index is 0.0708. The zero-order chi connectivity index (χ0) is 28.8. The summed E-state index contributed by atoms with van der Waals surface area (Å²) in [6.45, 7) is 2.67. The number of halogens is 1. The average Bonchev–Trinajstić information content (AvgIpc) is 2.79. The van der Waals surface area contributed by atoms with Gasteiger partial charge in [0.2, 0.25) is 10.0 Å². The van der Waals surface area contributed by atoms with Gasteiger partial charge in [-0.15, -0.1) is 0 Å². The van der Waals surface area contributed by atoms with Gasteiger partial charge in [0, 0.05) is 36.9 Å². The molecule has 0 aliphatic carbocycles. The number of sulfonamides is 1. The van der Waals surface area contributed by atoms with E-state index in [0.717, 1.165) is 13.1 Å². The van der Waals surface area contributed by atoms with Gasteiger partial charge in [0.15, 0.2) is 0 Å². The molecule has 2 aromatic rings. The van der Waals surface area contributed by atoms with Crippen molar-refractivity contribution in [2.45, 2.75) is 9.79 Å². The standard InChI is InChI=1S/C10H17BN2O4S.C6H6BClO4S.C4H12N2/c1-13(2)8-7-12-18(16,17)10-5-3-9(4-6-10)11(14)15;8-13(11,12)6-3-1-5(2-4-6)7(9)10;1-6(2)4-3-5/h3-6,12,14-15H,7-8H2,1-2H3;1-4,9-10H;3-5H2,1-2H3. The molecule has 0 fully saturated rings. The number of hydrogen-bond acceptors (Lipinski definition) is 11. The fraction of sp³-hybridized carbons (Fsp3) is 0.400. The summed E-state index contributed by atoms with van der Waals surface area (Å²) in [6.07, 6.45) is 0. The number of nitrogens with two attached hydrogens (primary N) is 1. The maximum absolute atomic E-state index is 11.8. The molecule has 17 heteroatoms. The Labute approximate surface area is 224 Å². The average molecular weight is 581 g/mol. The van der Waals surface area contributed by atoms with E-state index in [2.05, 4.69) is 9.62 Å². The Morgan fingerprint density at radius 3 is 1.41 bits per heavy atom. The van der Waals surface area contributed by atoms with Crippen LogP contribution in [0.25, 0.3) is 0 Å². The number of nitrogens with one attached hydrogen (secondary N) is 1. The zero-order valence-electron chi connectivity index (χ0n) is 21.2. The summed E-state index contributed by atoms with van der Waals surface area (Å²) in [5.74, 6) is 0. The first-order valence-electron chi connectivity index (χ1n) is 10.9. The summed E-state index contributed by atoms with van der Waals surface area (Å²) in [7, 11) is 2.28.